The number of hydrogen-bond donors (Lipinski definition) is 1. The molecular formula is C11H11N3O2S2. The Morgan fingerprint density at radius 2 is 2.22 bits per heavy atom. The number of aromatic nitrogens is 1. The molecule has 2 rings (SSSR count). The summed E-state index contributed by atoms with van der Waals surface area (Å²) in [5, 5.41) is 13.6. The number of thiazole rings is 1. The standard InChI is InChI=1S/C11H11N3O2S2/c12-7-2-1-4-8-5-3-6-9-10(8)14-11(17-9)18(13,15)16/h3,5-6H,1-2,4H2,(H2,13,15,16). The molecule has 94 valence electrons. The highest BCUT2D eigenvalue weighted by Gasteiger charge is 2.15. The van der Waals surface area contributed by atoms with Crippen LogP contribution in [0.1, 0.15) is 18.4 Å². The molecular weight excluding hydrogens is 270 g/mol. The van der Waals surface area contributed by atoms with E-state index in [0.717, 1.165) is 28.0 Å². The molecule has 5 nitrogen and oxygen atoms in total. The molecule has 0 aliphatic heterocycles. The summed E-state index contributed by atoms with van der Waals surface area (Å²) >= 11 is 1.07. The summed E-state index contributed by atoms with van der Waals surface area (Å²) in [6.07, 6.45) is 1.92. The predicted molar refractivity (Wildman–Crippen MR) is 69.5 cm³/mol. The van der Waals surface area contributed by atoms with E-state index in [0.29, 0.717) is 18.4 Å². The number of nitriles is 1. The summed E-state index contributed by atoms with van der Waals surface area (Å²) in [5.41, 5.74) is 1.62. The van der Waals surface area contributed by atoms with E-state index in [1.54, 1.807) is 0 Å². The predicted octanol–water partition coefficient (Wildman–Crippen LogP) is 1.79. The zero-order valence-corrected chi connectivity index (χ0v) is 11.1. The highest BCUT2D eigenvalue weighted by atomic mass is 32.2. The Morgan fingerprint density at radius 3 is 2.89 bits per heavy atom. The zero-order chi connectivity index (χ0) is 13.2. The number of nitrogens with two attached hydrogens (primary N) is 1. The van der Waals surface area contributed by atoms with Crippen LogP contribution < -0.4 is 5.14 Å². The molecule has 0 radical (unpaired) electrons. The maximum absolute atomic E-state index is 11.3. The Hall–Kier alpha value is -1.49. The second-order valence-electron chi connectivity index (χ2n) is 3.80. The molecule has 18 heavy (non-hydrogen) atoms. The number of unbranched alkanes of at least 4 members (excludes halogenated alkanes) is 1. The molecule has 0 aliphatic rings. The highest BCUT2D eigenvalue weighted by Crippen LogP contribution is 2.27. The fourth-order valence-electron chi connectivity index (χ4n) is 1.67. The Kier molecular flexibility index (Phi) is 3.61. The molecule has 0 unspecified atom stereocenters. The van der Waals surface area contributed by atoms with Gasteiger partial charge in [0.05, 0.1) is 16.3 Å². The average molecular weight is 281 g/mol. The van der Waals surface area contributed by atoms with Gasteiger partial charge in [0.25, 0.3) is 10.0 Å². The summed E-state index contributed by atoms with van der Waals surface area (Å²) in [6, 6.07) is 7.65. The molecule has 0 atom stereocenters. The van der Waals surface area contributed by atoms with Gasteiger partial charge in [-0.25, -0.2) is 18.5 Å². The Balaban J connectivity index is 2.43. The van der Waals surface area contributed by atoms with Gasteiger partial charge >= 0.3 is 0 Å². The number of sulfonamides is 1. The van der Waals surface area contributed by atoms with E-state index in [9.17, 15) is 8.42 Å². The van der Waals surface area contributed by atoms with Gasteiger partial charge in [-0.2, -0.15) is 5.26 Å². The van der Waals surface area contributed by atoms with Gasteiger partial charge in [-0.15, -0.1) is 11.3 Å². The average Bonchev–Trinajstić information content (AvgIpc) is 2.73. The number of hydrogen-bond acceptors (Lipinski definition) is 5. The molecule has 0 aliphatic carbocycles. The van der Waals surface area contributed by atoms with Gasteiger partial charge in [0.2, 0.25) is 4.34 Å². The number of rotatable bonds is 4. The largest absolute Gasteiger partial charge is 0.265 e. The van der Waals surface area contributed by atoms with Crippen LogP contribution in [-0.4, -0.2) is 13.4 Å². The topological polar surface area (TPSA) is 96.8 Å². The number of fused-ring (bicyclic) bond motifs is 1. The van der Waals surface area contributed by atoms with Crippen molar-refractivity contribution >= 4 is 31.6 Å². The highest BCUT2D eigenvalue weighted by molar-refractivity contribution is 7.91. The maximum atomic E-state index is 11.3. The van der Waals surface area contributed by atoms with Crippen LogP contribution in [0.15, 0.2) is 22.5 Å². The minimum atomic E-state index is -3.75. The third-order valence-corrected chi connectivity index (χ3v) is 4.80. The molecule has 0 amide bonds. The normalized spacial score (nSPS) is 11.6. The minimum absolute atomic E-state index is 0.0646. The molecule has 1 aromatic heterocycles. The van der Waals surface area contributed by atoms with Gasteiger partial charge in [0.1, 0.15) is 0 Å². The van der Waals surface area contributed by atoms with Crippen molar-refractivity contribution in [2.45, 2.75) is 23.6 Å². The van der Waals surface area contributed by atoms with Crippen LogP contribution in [0.5, 0.6) is 0 Å². The molecule has 2 aromatic rings. The first-order valence-electron chi connectivity index (χ1n) is 5.30. The first kappa shape index (κ1) is 13.0. The van der Waals surface area contributed by atoms with E-state index in [1.165, 1.54) is 0 Å². The molecule has 0 bridgehead atoms. The van der Waals surface area contributed by atoms with E-state index in [-0.39, 0.29) is 4.34 Å². The number of para-hydroxylation sites is 1. The van der Waals surface area contributed by atoms with Gasteiger partial charge < -0.3 is 0 Å². The third kappa shape index (κ3) is 2.67. The number of primary sulfonamides is 1. The summed E-state index contributed by atoms with van der Waals surface area (Å²) in [7, 11) is -3.75. The van der Waals surface area contributed by atoms with Crippen molar-refractivity contribution in [3.63, 3.8) is 0 Å². The lowest BCUT2D eigenvalue weighted by Gasteiger charge is -1.99. The second-order valence-corrected chi connectivity index (χ2v) is 6.57. The molecule has 2 N–H and O–H groups in total. The number of aryl methyl sites for hydroxylation is 1. The van der Waals surface area contributed by atoms with Crippen molar-refractivity contribution in [2.75, 3.05) is 0 Å². The summed E-state index contributed by atoms with van der Waals surface area (Å²) in [5.74, 6) is 0. The van der Waals surface area contributed by atoms with Gasteiger partial charge in [-0.05, 0) is 24.5 Å². The van der Waals surface area contributed by atoms with Crippen LogP contribution in [0.25, 0.3) is 10.2 Å². The van der Waals surface area contributed by atoms with Crippen LogP contribution in [-0.2, 0) is 16.4 Å². The maximum Gasteiger partial charge on any atom is 0.265 e. The summed E-state index contributed by atoms with van der Waals surface area (Å²) in [6.45, 7) is 0. The van der Waals surface area contributed by atoms with Gasteiger partial charge in [-0.1, -0.05) is 12.1 Å². The van der Waals surface area contributed by atoms with E-state index < -0.39 is 10.0 Å². The lowest BCUT2D eigenvalue weighted by atomic mass is 10.1. The third-order valence-electron chi connectivity index (χ3n) is 2.46. The Morgan fingerprint density at radius 1 is 1.44 bits per heavy atom. The minimum Gasteiger partial charge on any atom is -0.224 e. The zero-order valence-electron chi connectivity index (χ0n) is 9.46. The summed E-state index contributed by atoms with van der Waals surface area (Å²) < 4.78 is 23.2. The van der Waals surface area contributed by atoms with Gasteiger partial charge in [0.15, 0.2) is 0 Å². The smallest absolute Gasteiger partial charge is 0.224 e. The molecule has 7 heteroatoms. The second kappa shape index (κ2) is 5.02. The molecule has 1 aromatic carbocycles. The number of benzene rings is 1. The monoisotopic (exact) mass is 281 g/mol. The molecule has 0 fully saturated rings. The van der Waals surface area contributed by atoms with Crippen molar-refractivity contribution < 1.29 is 8.42 Å². The number of nitrogens with zero attached hydrogens (tertiary/aromatic N) is 2. The van der Waals surface area contributed by atoms with Crippen molar-refractivity contribution in [3.8, 4) is 6.07 Å². The van der Waals surface area contributed by atoms with Gasteiger partial charge in [0, 0.05) is 6.42 Å². The van der Waals surface area contributed by atoms with E-state index in [4.69, 9.17) is 10.4 Å². The van der Waals surface area contributed by atoms with E-state index in [2.05, 4.69) is 11.1 Å². The van der Waals surface area contributed by atoms with Crippen molar-refractivity contribution in [1.29, 1.82) is 5.26 Å². The lowest BCUT2D eigenvalue weighted by Crippen LogP contribution is -2.11. The van der Waals surface area contributed by atoms with E-state index >= 15 is 0 Å². The van der Waals surface area contributed by atoms with Crippen molar-refractivity contribution in [3.05, 3.63) is 23.8 Å². The first-order chi connectivity index (χ1) is 8.52. The molecule has 0 saturated carbocycles. The van der Waals surface area contributed by atoms with Crippen LogP contribution in [0.3, 0.4) is 0 Å². The van der Waals surface area contributed by atoms with E-state index in [1.807, 2.05) is 18.2 Å². The quantitative estimate of drug-likeness (QED) is 0.864. The molecule has 0 saturated heterocycles. The SMILES string of the molecule is N#CCCCc1cccc2sc(S(N)(=O)=O)nc12. The van der Waals surface area contributed by atoms with Crippen LogP contribution in [0.2, 0.25) is 0 Å². The Labute approximate surface area is 109 Å². The summed E-state index contributed by atoms with van der Waals surface area (Å²) in [4.78, 5) is 4.09. The van der Waals surface area contributed by atoms with Crippen LogP contribution in [0.4, 0.5) is 0 Å². The molecule has 0 spiro atoms. The molecule has 1 heterocycles. The van der Waals surface area contributed by atoms with Crippen LogP contribution >= 0.6 is 11.3 Å². The van der Waals surface area contributed by atoms with Crippen LogP contribution in [0, 0.1) is 11.3 Å². The Bertz CT molecular complexity index is 713. The first-order valence-corrected chi connectivity index (χ1v) is 7.67. The van der Waals surface area contributed by atoms with Crippen molar-refractivity contribution in [1.82, 2.24) is 4.98 Å². The fourth-order valence-corrected chi connectivity index (χ4v) is 3.36. The van der Waals surface area contributed by atoms with Crippen molar-refractivity contribution in [2.24, 2.45) is 5.14 Å². The fraction of sp³-hybridized carbons (Fsp3) is 0.273. The van der Waals surface area contributed by atoms with Gasteiger partial charge in [-0.3, -0.25) is 0 Å². The lowest BCUT2D eigenvalue weighted by molar-refractivity contribution is 0.597.